The average molecular weight is 360 g/mol. The third kappa shape index (κ3) is 4.02. The molecule has 0 saturated carbocycles. The third-order valence-electron chi connectivity index (χ3n) is 3.78. The van der Waals surface area contributed by atoms with E-state index in [1.165, 1.54) is 39.7 Å². The van der Waals surface area contributed by atoms with E-state index >= 15 is 0 Å². The minimum absolute atomic E-state index is 0.196. The molecule has 1 heterocycles. The van der Waals surface area contributed by atoms with Gasteiger partial charge in [-0.15, -0.1) is 0 Å². The minimum atomic E-state index is -1.20. The Labute approximate surface area is 150 Å². The highest BCUT2D eigenvalue weighted by Gasteiger charge is 2.19. The zero-order chi connectivity index (χ0) is 19.3. The van der Waals surface area contributed by atoms with Crippen molar-refractivity contribution in [1.29, 1.82) is 0 Å². The van der Waals surface area contributed by atoms with Crippen molar-refractivity contribution in [3.8, 4) is 17.2 Å². The molecule has 0 aliphatic rings. The molecule has 1 atom stereocenters. The van der Waals surface area contributed by atoms with Crippen molar-refractivity contribution in [2.24, 2.45) is 0 Å². The lowest BCUT2D eigenvalue weighted by Gasteiger charge is -2.19. The van der Waals surface area contributed by atoms with Crippen LogP contribution >= 0.6 is 0 Å². The number of hydrogen-bond donors (Lipinski definition) is 2. The summed E-state index contributed by atoms with van der Waals surface area (Å²) >= 11 is 0. The van der Waals surface area contributed by atoms with E-state index < -0.39 is 17.9 Å². The van der Waals surface area contributed by atoms with Crippen LogP contribution in [0.4, 0.5) is 0 Å². The van der Waals surface area contributed by atoms with Gasteiger partial charge in [-0.3, -0.25) is 4.79 Å². The molecular formula is C18H20N2O6. The summed E-state index contributed by atoms with van der Waals surface area (Å²) in [6.07, 6.45) is 1.28. The maximum Gasteiger partial charge on any atom is 0.354 e. The second-order valence-electron chi connectivity index (χ2n) is 5.39. The Hall–Kier alpha value is -3.29. The fourth-order valence-corrected chi connectivity index (χ4v) is 2.40. The second-order valence-corrected chi connectivity index (χ2v) is 5.39. The zero-order valence-electron chi connectivity index (χ0n) is 14.9. The van der Waals surface area contributed by atoms with E-state index in [1.807, 2.05) is 0 Å². The quantitative estimate of drug-likeness (QED) is 0.780. The van der Waals surface area contributed by atoms with Crippen LogP contribution in [0, 0.1) is 0 Å². The number of carboxylic acids is 1. The molecule has 0 bridgehead atoms. The standard InChI is InChI=1S/C18H20N2O6/c1-10(12-8-14(24-2)16(26-4)15(9-12)25-3)20-17(21)11-5-6-19-13(7-11)18(22)23/h5-10H,1-4H3,(H,20,21)(H,22,23). The fraction of sp³-hybridized carbons (Fsp3) is 0.278. The first kappa shape index (κ1) is 19.0. The number of benzene rings is 1. The number of amides is 1. The molecule has 138 valence electrons. The van der Waals surface area contributed by atoms with Crippen molar-refractivity contribution >= 4 is 11.9 Å². The van der Waals surface area contributed by atoms with E-state index in [0.717, 1.165) is 5.56 Å². The number of carbonyl (C=O) groups is 2. The largest absolute Gasteiger partial charge is 0.493 e. The van der Waals surface area contributed by atoms with Crippen LogP contribution in [0.15, 0.2) is 30.5 Å². The predicted molar refractivity (Wildman–Crippen MR) is 93.2 cm³/mol. The van der Waals surface area contributed by atoms with E-state index in [4.69, 9.17) is 19.3 Å². The SMILES string of the molecule is COc1cc(C(C)NC(=O)c2ccnc(C(=O)O)c2)cc(OC)c1OC. The summed E-state index contributed by atoms with van der Waals surface area (Å²) in [7, 11) is 4.53. The summed E-state index contributed by atoms with van der Waals surface area (Å²) in [5.74, 6) is -0.217. The van der Waals surface area contributed by atoms with Crippen molar-refractivity contribution in [1.82, 2.24) is 10.3 Å². The molecule has 1 amide bonds. The molecule has 26 heavy (non-hydrogen) atoms. The van der Waals surface area contributed by atoms with Crippen LogP contribution in [0.1, 0.15) is 39.4 Å². The van der Waals surface area contributed by atoms with Crippen molar-refractivity contribution < 1.29 is 28.9 Å². The Bertz CT molecular complexity index is 796. The Morgan fingerprint density at radius 3 is 2.19 bits per heavy atom. The molecule has 1 unspecified atom stereocenters. The first-order chi connectivity index (χ1) is 12.4. The summed E-state index contributed by atoms with van der Waals surface area (Å²) in [5, 5.41) is 11.8. The van der Waals surface area contributed by atoms with Crippen molar-refractivity contribution in [2.75, 3.05) is 21.3 Å². The molecule has 0 radical (unpaired) electrons. The number of rotatable bonds is 7. The molecule has 2 aromatic rings. The van der Waals surface area contributed by atoms with Gasteiger partial charge in [0.2, 0.25) is 5.75 Å². The molecule has 0 saturated heterocycles. The number of aromatic nitrogens is 1. The van der Waals surface area contributed by atoms with Gasteiger partial charge in [0.05, 0.1) is 27.4 Å². The van der Waals surface area contributed by atoms with Gasteiger partial charge >= 0.3 is 5.97 Å². The number of methoxy groups -OCH3 is 3. The maximum absolute atomic E-state index is 12.4. The fourth-order valence-electron chi connectivity index (χ4n) is 2.40. The van der Waals surface area contributed by atoms with Gasteiger partial charge in [0.15, 0.2) is 11.5 Å². The second kappa shape index (κ2) is 8.19. The molecule has 1 aromatic heterocycles. The van der Waals surface area contributed by atoms with Crippen LogP contribution in [0.2, 0.25) is 0 Å². The van der Waals surface area contributed by atoms with Gasteiger partial charge in [0.25, 0.3) is 5.91 Å². The van der Waals surface area contributed by atoms with E-state index in [9.17, 15) is 9.59 Å². The molecule has 0 fully saturated rings. The number of nitrogens with zero attached hydrogens (tertiary/aromatic N) is 1. The summed E-state index contributed by atoms with van der Waals surface area (Å²) in [5.41, 5.74) is 0.746. The number of carboxylic acid groups (broad SMARTS) is 1. The molecule has 1 aromatic carbocycles. The van der Waals surface area contributed by atoms with Crippen LogP contribution in [0.5, 0.6) is 17.2 Å². The predicted octanol–water partition coefficient (Wildman–Crippen LogP) is 2.30. The van der Waals surface area contributed by atoms with Crippen molar-refractivity contribution in [3.63, 3.8) is 0 Å². The highest BCUT2D eigenvalue weighted by Crippen LogP contribution is 2.39. The summed E-state index contributed by atoms with van der Waals surface area (Å²) in [6.45, 7) is 1.79. The molecule has 0 spiro atoms. The van der Waals surface area contributed by atoms with Gasteiger partial charge in [-0.1, -0.05) is 0 Å². The van der Waals surface area contributed by atoms with E-state index in [1.54, 1.807) is 19.1 Å². The van der Waals surface area contributed by atoms with Crippen LogP contribution in [-0.2, 0) is 0 Å². The van der Waals surface area contributed by atoms with E-state index in [-0.39, 0.29) is 11.3 Å². The molecule has 8 nitrogen and oxygen atoms in total. The maximum atomic E-state index is 12.4. The lowest BCUT2D eigenvalue weighted by atomic mass is 10.1. The van der Waals surface area contributed by atoms with Gasteiger partial charge in [-0.05, 0) is 36.8 Å². The van der Waals surface area contributed by atoms with Gasteiger partial charge in [-0.2, -0.15) is 0 Å². The number of ether oxygens (including phenoxy) is 3. The Morgan fingerprint density at radius 1 is 1.08 bits per heavy atom. The van der Waals surface area contributed by atoms with E-state index in [2.05, 4.69) is 10.3 Å². The molecule has 8 heteroatoms. The third-order valence-corrected chi connectivity index (χ3v) is 3.78. The van der Waals surface area contributed by atoms with Crippen LogP contribution in [-0.4, -0.2) is 43.3 Å². The van der Waals surface area contributed by atoms with Gasteiger partial charge in [-0.25, -0.2) is 9.78 Å². The van der Waals surface area contributed by atoms with Crippen LogP contribution in [0.3, 0.4) is 0 Å². The number of carbonyl (C=O) groups excluding carboxylic acids is 1. The average Bonchev–Trinajstić information content (AvgIpc) is 2.66. The Balaban J connectivity index is 2.26. The van der Waals surface area contributed by atoms with Crippen molar-refractivity contribution in [3.05, 3.63) is 47.3 Å². The lowest BCUT2D eigenvalue weighted by molar-refractivity contribution is 0.0690. The highest BCUT2D eigenvalue weighted by atomic mass is 16.5. The summed E-state index contributed by atoms with van der Waals surface area (Å²) < 4.78 is 15.9. The van der Waals surface area contributed by atoms with Crippen LogP contribution in [0.25, 0.3) is 0 Å². The molecular weight excluding hydrogens is 340 g/mol. The zero-order valence-corrected chi connectivity index (χ0v) is 14.9. The first-order valence-corrected chi connectivity index (χ1v) is 7.71. The molecule has 2 rings (SSSR count). The molecule has 0 aliphatic carbocycles. The van der Waals surface area contributed by atoms with Crippen LogP contribution < -0.4 is 19.5 Å². The molecule has 2 N–H and O–H groups in total. The number of aromatic carboxylic acids is 1. The van der Waals surface area contributed by atoms with Gasteiger partial charge in [0, 0.05) is 11.8 Å². The summed E-state index contributed by atoms with van der Waals surface area (Å²) in [6, 6.07) is 5.75. The van der Waals surface area contributed by atoms with Gasteiger partial charge in [0.1, 0.15) is 5.69 Å². The topological polar surface area (TPSA) is 107 Å². The summed E-state index contributed by atoms with van der Waals surface area (Å²) in [4.78, 5) is 27.1. The monoisotopic (exact) mass is 360 g/mol. The minimum Gasteiger partial charge on any atom is -0.493 e. The van der Waals surface area contributed by atoms with Gasteiger partial charge < -0.3 is 24.6 Å². The number of pyridine rings is 1. The number of hydrogen-bond acceptors (Lipinski definition) is 6. The first-order valence-electron chi connectivity index (χ1n) is 7.71. The number of nitrogens with one attached hydrogen (secondary N) is 1. The smallest absolute Gasteiger partial charge is 0.354 e. The lowest BCUT2D eigenvalue weighted by Crippen LogP contribution is -2.27. The normalized spacial score (nSPS) is 11.4. The van der Waals surface area contributed by atoms with E-state index in [0.29, 0.717) is 17.2 Å². The molecule has 0 aliphatic heterocycles. The highest BCUT2D eigenvalue weighted by molar-refractivity contribution is 5.96. The Kier molecular flexibility index (Phi) is 6.00. The van der Waals surface area contributed by atoms with Crippen molar-refractivity contribution in [2.45, 2.75) is 13.0 Å². The Morgan fingerprint density at radius 2 is 1.69 bits per heavy atom.